The molecule has 0 saturated carbocycles. The first-order valence-electron chi connectivity index (χ1n) is 6.99. The molecule has 5 heteroatoms. The van der Waals surface area contributed by atoms with Crippen molar-refractivity contribution >= 4 is 17.2 Å². The Hall–Kier alpha value is -2.82. The van der Waals surface area contributed by atoms with Gasteiger partial charge >= 0.3 is 0 Å². The van der Waals surface area contributed by atoms with E-state index in [4.69, 9.17) is 4.74 Å². The third kappa shape index (κ3) is 2.53. The molecule has 0 unspecified atom stereocenters. The zero-order valence-electron chi connectivity index (χ0n) is 12.8. The van der Waals surface area contributed by atoms with Crippen LogP contribution in [0.4, 0.5) is 5.69 Å². The Labute approximate surface area is 128 Å². The highest BCUT2D eigenvalue weighted by Gasteiger charge is 2.09. The quantitative estimate of drug-likeness (QED) is 0.807. The standard InChI is InChI=1S/C17H17N3O2/c1-11-12(2)20-10-14(6-9-16(20)18-11)19-17(21)13-4-7-15(22-3)8-5-13/h4-10H,1-3H3,(H,19,21). The van der Waals surface area contributed by atoms with E-state index in [1.54, 1.807) is 31.4 Å². The molecule has 0 spiro atoms. The number of hydrogen-bond donors (Lipinski definition) is 1. The van der Waals surface area contributed by atoms with E-state index < -0.39 is 0 Å². The van der Waals surface area contributed by atoms with Gasteiger partial charge in [0.1, 0.15) is 11.4 Å². The predicted octanol–water partition coefficient (Wildman–Crippen LogP) is 3.21. The Morgan fingerprint density at radius 2 is 1.86 bits per heavy atom. The molecule has 112 valence electrons. The van der Waals surface area contributed by atoms with Crippen molar-refractivity contribution in [1.29, 1.82) is 0 Å². The monoisotopic (exact) mass is 295 g/mol. The van der Waals surface area contributed by atoms with Crippen molar-refractivity contribution < 1.29 is 9.53 Å². The van der Waals surface area contributed by atoms with Crippen molar-refractivity contribution in [3.8, 4) is 5.75 Å². The third-order valence-electron chi connectivity index (χ3n) is 3.70. The second-order valence-corrected chi connectivity index (χ2v) is 5.11. The van der Waals surface area contributed by atoms with Crippen molar-refractivity contribution in [2.75, 3.05) is 12.4 Å². The van der Waals surface area contributed by atoms with Crippen LogP contribution in [-0.2, 0) is 0 Å². The molecular formula is C17H17N3O2. The summed E-state index contributed by atoms with van der Waals surface area (Å²) in [4.78, 5) is 16.7. The van der Waals surface area contributed by atoms with E-state index in [9.17, 15) is 4.79 Å². The lowest BCUT2D eigenvalue weighted by molar-refractivity contribution is 0.102. The van der Waals surface area contributed by atoms with Crippen molar-refractivity contribution in [2.24, 2.45) is 0 Å². The van der Waals surface area contributed by atoms with Gasteiger partial charge in [-0.1, -0.05) is 0 Å². The van der Waals surface area contributed by atoms with Crippen LogP contribution in [0.15, 0.2) is 42.6 Å². The van der Waals surface area contributed by atoms with Crippen LogP contribution in [0.3, 0.4) is 0 Å². The minimum absolute atomic E-state index is 0.156. The number of hydrogen-bond acceptors (Lipinski definition) is 3. The lowest BCUT2D eigenvalue weighted by atomic mass is 10.2. The summed E-state index contributed by atoms with van der Waals surface area (Å²) >= 11 is 0. The number of rotatable bonds is 3. The first-order chi connectivity index (χ1) is 10.6. The maximum Gasteiger partial charge on any atom is 0.255 e. The van der Waals surface area contributed by atoms with Gasteiger partial charge in [-0.2, -0.15) is 0 Å². The molecular weight excluding hydrogens is 278 g/mol. The maximum absolute atomic E-state index is 12.3. The molecule has 3 rings (SSSR count). The van der Waals surface area contributed by atoms with Gasteiger partial charge in [-0.3, -0.25) is 4.79 Å². The Morgan fingerprint density at radius 3 is 2.55 bits per heavy atom. The average molecular weight is 295 g/mol. The number of carbonyl (C=O) groups excluding carboxylic acids is 1. The van der Waals surface area contributed by atoms with Gasteiger partial charge < -0.3 is 14.5 Å². The molecule has 0 atom stereocenters. The molecule has 0 radical (unpaired) electrons. The number of imidazole rings is 1. The molecule has 2 aromatic heterocycles. The topological polar surface area (TPSA) is 55.6 Å². The fourth-order valence-electron chi connectivity index (χ4n) is 2.30. The van der Waals surface area contributed by atoms with Crippen LogP contribution in [0.2, 0.25) is 0 Å². The highest BCUT2D eigenvalue weighted by molar-refractivity contribution is 6.04. The normalized spacial score (nSPS) is 10.7. The Kier molecular flexibility index (Phi) is 3.55. The minimum Gasteiger partial charge on any atom is -0.497 e. The first-order valence-corrected chi connectivity index (χ1v) is 6.99. The van der Waals surface area contributed by atoms with E-state index in [1.165, 1.54) is 0 Å². The Morgan fingerprint density at radius 1 is 1.14 bits per heavy atom. The minimum atomic E-state index is -0.156. The van der Waals surface area contributed by atoms with Gasteiger partial charge in [0.05, 0.1) is 18.5 Å². The van der Waals surface area contributed by atoms with Gasteiger partial charge in [-0.25, -0.2) is 4.98 Å². The second-order valence-electron chi connectivity index (χ2n) is 5.11. The SMILES string of the molecule is COc1ccc(C(=O)Nc2ccc3nc(C)c(C)n3c2)cc1. The van der Waals surface area contributed by atoms with E-state index in [-0.39, 0.29) is 5.91 Å². The number of benzene rings is 1. The lowest BCUT2D eigenvalue weighted by Crippen LogP contribution is -2.12. The van der Waals surface area contributed by atoms with Gasteiger partial charge in [0, 0.05) is 17.5 Å². The van der Waals surface area contributed by atoms with Gasteiger partial charge in [-0.15, -0.1) is 0 Å². The van der Waals surface area contributed by atoms with Gasteiger partial charge in [0.2, 0.25) is 0 Å². The molecule has 5 nitrogen and oxygen atoms in total. The number of carbonyl (C=O) groups is 1. The van der Waals surface area contributed by atoms with Crippen LogP contribution in [0, 0.1) is 13.8 Å². The summed E-state index contributed by atoms with van der Waals surface area (Å²) in [5, 5.41) is 2.90. The number of nitrogens with zero attached hydrogens (tertiary/aromatic N) is 2. The van der Waals surface area contributed by atoms with Gasteiger partial charge in [0.25, 0.3) is 5.91 Å². The van der Waals surface area contributed by atoms with E-state index in [0.29, 0.717) is 5.56 Å². The third-order valence-corrected chi connectivity index (χ3v) is 3.70. The van der Waals surface area contributed by atoms with Crippen LogP contribution in [-0.4, -0.2) is 22.4 Å². The number of fused-ring (bicyclic) bond motifs is 1. The maximum atomic E-state index is 12.3. The van der Waals surface area contributed by atoms with E-state index >= 15 is 0 Å². The molecule has 2 heterocycles. The van der Waals surface area contributed by atoms with Crippen LogP contribution >= 0.6 is 0 Å². The fraction of sp³-hybridized carbons (Fsp3) is 0.176. The molecule has 0 aliphatic carbocycles. The van der Waals surface area contributed by atoms with E-state index in [0.717, 1.165) is 28.5 Å². The highest BCUT2D eigenvalue weighted by Crippen LogP contribution is 2.17. The number of methoxy groups -OCH3 is 1. The Bertz CT molecular complexity index is 835. The molecule has 1 N–H and O–H groups in total. The molecule has 0 fully saturated rings. The second kappa shape index (κ2) is 5.52. The zero-order chi connectivity index (χ0) is 15.7. The van der Waals surface area contributed by atoms with E-state index in [2.05, 4.69) is 10.3 Å². The molecule has 0 saturated heterocycles. The number of aryl methyl sites for hydroxylation is 2. The summed E-state index contributed by atoms with van der Waals surface area (Å²) in [7, 11) is 1.60. The van der Waals surface area contributed by atoms with Crippen LogP contribution in [0.1, 0.15) is 21.7 Å². The number of anilines is 1. The summed E-state index contributed by atoms with van der Waals surface area (Å²) in [5.74, 6) is 0.568. The summed E-state index contributed by atoms with van der Waals surface area (Å²) in [6, 6.07) is 10.7. The van der Waals surface area contributed by atoms with E-state index in [1.807, 2.05) is 36.6 Å². The predicted molar refractivity (Wildman–Crippen MR) is 85.6 cm³/mol. The zero-order valence-corrected chi connectivity index (χ0v) is 12.8. The first kappa shape index (κ1) is 14.1. The van der Waals surface area contributed by atoms with Gasteiger partial charge in [-0.05, 0) is 50.2 Å². The van der Waals surface area contributed by atoms with Crippen molar-refractivity contribution in [3.63, 3.8) is 0 Å². The summed E-state index contributed by atoms with van der Waals surface area (Å²) in [6.45, 7) is 3.97. The summed E-state index contributed by atoms with van der Waals surface area (Å²) in [5.41, 5.74) is 4.24. The molecule has 0 bridgehead atoms. The number of amides is 1. The average Bonchev–Trinajstić information content (AvgIpc) is 2.82. The number of ether oxygens (including phenoxy) is 1. The fourth-order valence-corrected chi connectivity index (χ4v) is 2.30. The number of pyridine rings is 1. The summed E-state index contributed by atoms with van der Waals surface area (Å²) in [6.07, 6.45) is 1.88. The van der Waals surface area contributed by atoms with Crippen molar-refractivity contribution in [1.82, 2.24) is 9.38 Å². The number of nitrogens with one attached hydrogen (secondary N) is 1. The number of aromatic nitrogens is 2. The highest BCUT2D eigenvalue weighted by atomic mass is 16.5. The Balaban J connectivity index is 1.85. The van der Waals surface area contributed by atoms with Crippen LogP contribution < -0.4 is 10.1 Å². The molecule has 0 aliphatic heterocycles. The lowest BCUT2D eigenvalue weighted by Gasteiger charge is -2.07. The molecule has 1 aromatic carbocycles. The van der Waals surface area contributed by atoms with Crippen molar-refractivity contribution in [3.05, 3.63) is 59.5 Å². The molecule has 22 heavy (non-hydrogen) atoms. The molecule has 0 aliphatic rings. The van der Waals surface area contributed by atoms with Crippen LogP contribution in [0.25, 0.3) is 5.65 Å². The smallest absolute Gasteiger partial charge is 0.255 e. The largest absolute Gasteiger partial charge is 0.497 e. The van der Waals surface area contributed by atoms with Crippen molar-refractivity contribution in [2.45, 2.75) is 13.8 Å². The van der Waals surface area contributed by atoms with Crippen LogP contribution in [0.5, 0.6) is 5.75 Å². The molecule has 1 amide bonds. The molecule has 3 aromatic rings. The van der Waals surface area contributed by atoms with Gasteiger partial charge in [0.15, 0.2) is 0 Å². The summed E-state index contributed by atoms with van der Waals surface area (Å²) < 4.78 is 7.06.